The van der Waals surface area contributed by atoms with E-state index in [4.69, 9.17) is 4.74 Å². The van der Waals surface area contributed by atoms with E-state index in [2.05, 4.69) is 12.2 Å². The molecule has 1 aromatic heterocycles. The van der Waals surface area contributed by atoms with Crippen molar-refractivity contribution in [3.05, 3.63) is 70.6 Å². The van der Waals surface area contributed by atoms with Crippen LogP contribution < -0.4 is 10.1 Å². The van der Waals surface area contributed by atoms with Crippen LogP contribution in [0.15, 0.2) is 54.6 Å². The molecule has 1 aliphatic rings. The number of anilines is 1. The third-order valence-electron chi connectivity index (χ3n) is 4.19. The maximum Gasteiger partial charge on any atom is 0.265 e. The van der Waals surface area contributed by atoms with Gasteiger partial charge in [0.25, 0.3) is 5.91 Å². The van der Waals surface area contributed by atoms with E-state index in [0.29, 0.717) is 11.5 Å². The van der Waals surface area contributed by atoms with Crippen molar-refractivity contribution >= 4 is 22.9 Å². The van der Waals surface area contributed by atoms with Crippen LogP contribution in [0, 0.1) is 0 Å². The first-order valence-corrected chi connectivity index (χ1v) is 8.82. The largest absolute Gasteiger partial charge is 0.488 e. The number of thiophene rings is 1. The average Bonchev–Trinajstić information content (AvgIpc) is 3.07. The first kappa shape index (κ1) is 15.0. The van der Waals surface area contributed by atoms with Crippen LogP contribution in [0.4, 0.5) is 5.69 Å². The first-order chi connectivity index (χ1) is 11.8. The molecule has 0 unspecified atom stereocenters. The molecule has 24 heavy (non-hydrogen) atoms. The maximum absolute atomic E-state index is 12.7. The summed E-state index contributed by atoms with van der Waals surface area (Å²) >= 11 is 1.53. The SMILES string of the molecule is CCc1ccccc1NC(=O)c1cc2c(s1)-c1ccccc1OC2. The number of amides is 1. The second kappa shape index (κ2) is 6.13. The number of carbonyl (C=O) groups excluding carboxylic acids is 1. The van der Waals surface area contributed by atoms with Crippen molar-refractivity contribution in [2.75, 3.05) is 5.32 Å². The summed E-state index contributed by atoms with van der Waals surface area (Å²) in [5, 5.41) is 3.04. The Morgan fingerprint density at radius 1 is 1.17 bits per heavy atom. The summed E-state index contributed by atoms with van der Waals surface area (Å²) in [6.45, 7) is 2.60. The molecule has 1 aliphatic heterocycles. The quantitative estimate of drug-likeness (QED) is 0.721. The van der Waals surface area contributed by atoms with Gasteiger partial charge in [0.15, 0.2) is 0 Å². The molecule has 0 bridgehead atoms. The molecule has 120 valence electrons. The summed E-state index contributed by atoms with van der Waals surface area (Å²) in [7, 11) is 0. The zero-order valence-corrected chi connectivity index (χ0v) is 14.2. The zero-order chi connectivity index (χ0) is 16.5. The summed E-state index contributed by atoms with van der Waals surface area (Å²) in [5.41, 5.74) is 4.17. The molecule has 0 fully saturated rings. The van der Waals surface area contributed by atoms with Crippen LogP contribution in [0.5, 0.6) is 5.75 Å². The summed E-state index contributed by atoms with van der Waals surface area (Å²) in [5.74, 6) is 0.822. The van der Waals surface area contributed by atoms with Gasteiger partial charge in [0, 0.05) is 21.7 Å². The van der Waals surface area contributed by atoms with Crippen LogP contribution in [0.1, 0.15) is 27.7 Å². The lowest BCUT2D eigenvalue weighted by Gasteiger charge is -2.16. The van der Waals surface area contributed by atoms with E-state index >= 15 is 0 Å². The minimum Gasteiger partial charge on any atom is -0.488 e. The number of hydrogen-bond acceptors (Lipinski definition) is 3. The Balaban J connectivity index is 1.65. The Labute approximate surface area is 144 Å². The Kier molecular flexibility index (Phi) is 3.82. The fourth-order valence-corrected chi connectivity index (χ4v) is 4.04. The van der Waals surface area contributed by atoms with Gasteiger partial charge in [-0.25, -0.2) is 0 Å². The highest BCUT2D eigenvalue weighted by Crippen LogP contribution is 2.42. The number of ether oxygens (including phenoxy) is 1. The number of rotatable bonds is 3. The van der Waals surface area contributed by atoms with E-state index in [1.807, 2.05) is 54.6 Å². The van der Waals surface area contributed by atoms with Crippen molar-refractivity contribution in [3.63, 3.8) is 0 Å². The van der Waals surface area contributed by atoms with Crippen molar-refractivity contribution in [1.29, 1.82) is 0 Å². The lowest BCUT2D eigenvalue weighted by molar-refractivity contribution is 0.103. The van der Waals surface area contributed by atoms with Crippen LogP contribution >= 0.6 is 11.3 Å². The highest BCUT2D eigenvalue weighted by molar-refractivity contribution is 7.17. The molecule has 0 radical (unpaired) electrons. The van der Waals surface area contributed by atoms with E-state index in [1.54, 1.807) is 0 Å². The number of aryl methyl sites for hydroxylation is 1. The topological polar surface area (TPSA) is 38.3 Å². The van der Waals surface area contributed by atoms with Crippen LogP contribution in [-0.2, 0) is 13.0 Å². The molecule has 0 atom stereocenters. The summed E-state index contributed by atoms with van der Waals surface area (Å²) in [6, 6.07) is 17.8. The highest BCUT2D eigenvalue weighted by atomic mass is 32.1. The molecule has 0 aliphatic carbocycles. The van der Waals surface area contributed by atoms with Crippen molar-refractivity contribution in [3.8, 4) is 16.2 Å². The average molecular weight is 335 g/mol. The molecule has 1 N–H and O–H groups in total. The van der Waals surface area contributed by atoms with Gasteiger partial charge in [-0.1, -0.05) is 37.3 Å². The minimum absolute atomic E-state index is 0.0622. The van der Waals surface area contributed by atoms with Gasteiger partial charge >= 0.3 is 0 Å². The van der Waals surface area contributed by atoms with E-state index in [1.165, 1.54) is 11.3 Å². The highest BCUT2D eigenvalue weighted by Gasteiger charge is 2.22. The number of carbonyl (C=O) groups is 1. The molecule has 0 saturated heterocycles. The van der Waals surface area contributed by atoms with E-state index in [9.17, 15) is 4.79 Å². The Morgan fingerprint density at radius 2 is 1.96 bits per heavy atom. The van der Waals surface area contributed by atoms with Crippen LogP contribution in [0.2, 0.25) is 0 Å². The smallest absolute Gasteiger partial charge is 0.265 e. The molecule has 0 spiro atoms. The van der Waals surface area contributed by atoms with Gasteiger partial charge in [-0.3, -0.25) is 4.79 Å². The lowest BCUT2D eigenvalue weighted by Crippen LogP contribution is -2.11. The third-order valence-corrected chi connectivity index (χ3v) is 5.40. The Hall–Kier alpha value is -2.59. The van der Waals surface area contributed by atoms with Gasteiger partial charge < -0.3 is 10.1 Å². The zero-order valence-electron chi connectivity index (χ0n) is 13.3. The number of para-hydroxylation sites is 2. The third kappa shape index (κ3) is 2.59. The van der Waals surface area contributed by atoms with E-state index in [0.717, 1.165) is 39.4 Å². The molecule has 2 aromatic carbocycles. The molecular formula is C20H17NO2S. The van der Waals surface area contributed by atoms with E-state index in [-0.39, 0.29) is 5.91 Å². The first-order valence-electron chi connectivity index (χ1n) is 8.00. The van der Waals surface area contributed by atoms with Gasteiger partial charge in [-0.2, -0.15) is 0 Å². The van der Waals surface area contributed by atoms with Gasteiger partial charge in [-0.05, 0) is 36.2 Å². The predicted octanol–water partition coefficient (Wildman–Crippen LogP) is 5.12. The van der Waals surface area contributed by atoms with Crippen molar-refractivity contribution in [1.82, 2.24) is 0 Å². The van der Waals surface area contributed by atoms with Crippen molar-refractivity contribution in [2.24, 2.45) is 0 Å². The Morgan fingerprint density at radius 3 is 2.83 bits per heavy atom. The number of benzene rings is 2. The van der Waals surface area contributed by atoms with Gasteiger partial charge in [0.2, 0.25) is 0 Å². The molecule has 4 rings (SSSR count). The van der Waals surface area contributed by atoms with E-state index < -0.39 is 0 Å². The molecule has 3 aromatic rings. The number of fused-ring (bicyclic) bond motifs is 3. The molecule has 1 amide bonds. The molecule has 4 heteroatoms. The van der Waals surface area contributed by atoms with Crippen molar-refractivity contribution in [2.45, 2.75) is 20.0 Å². The fraction of sp³-hybridized carbons (Fsp3) is 0.150. The minimum atomic E-state index is -0.0622. The van der Waals surface area contributed by atoms with Gasteiger partial charge in [0.05, 0.1) is 4.88 Å². The van der Waals surface area contributed by atoms with Gasteiger partial charge in [0.1, 0.15) is 12.4 Å². The second-order valence-corrected chi connectivity index (χ2v) is 6.77. The molecule has 2 heterocycles. The monoisotopic (exact) mass is 335 g/mol. The standard InChI is InChI=1S/C20H17NO2S/c1-2-13-7-3-5-9-16(13)21-20(22)18-11-14-12-23-17-10-6-4-8-15(17)19(14)24-18/h3-11H,2,12H2,1H3,(H,21,22). The number of hydrogen-bond donors (Lipinski definition) is 1. The summed E-state index contributed by atoms with van der Waals surface area (Å²) in [4.78, 5) is 14.5. The molecular weight excluding hydrogens is 318 g/mol. The molecule has 0 saturated carbocycles. The normalized spacial score (nSPS) is 12.0. The molecule has 3 nitrogen and oxygen atoms in total. The van der Waals surface area contributed by atoms with Crippen LogP contribution in [0.3, 0.4) is 0 Å². The van der Waals surface area contributed by atoms with Crippen molar-refractivity contribution < 1.29 is 9.53 Å². The van der Waals surface area contributed by atoms with Crippen LogP contribution in [0.25, 0.3) is 10.4 Å². The fourth-order valence-electron chi connectivity index (χ4n) is 2.95. The predicted molar refractivity (Wildman–Crippen MR) is 97.9 cm³/mol. The number of nitrogens with one attached hydrogen (secondary N) is 1. The Bertz CT molecular complexity index is 914. The lowest BCUT2D eigenvalue weighted by atomic mass is 10.1. The summed E-state index contributed by atoms with van der Waals surface area (Å²) in [6.07, 6.45) is 0.888. The maximum atomic E-state index is 12.7. The summed E-state index contributed by atoms with van der Waals surface area (Å²) < 4.78 is 5.77. The second-order valence-electron chi connectivity index (χ2n) is 5.71. The van der Waals surface area contributed by atoms with Crippen LogP contribution in [-0.4, -0.2) is 5.91 Å². The van der Waals surface area contributed by atoms with Gasteiger partial charge in [-0.15, -0.1) is 11.3 Å².